The highest BCUT2D eigenvalue weighted by molar-refractivity contribution is 14.1. The summed E-state index contributed by atoms with van der Waals surface area (Å²) in [6, 6.07) is 9.74. The molecule has 0 aliphatic carbocycles. The van der Waals surface area contributed by atoms with Crippen molar-refractivity contribution in [2.75, 3.05) is 0 Å². The molecule has 3 heteroatoms. The van der Waals surface area contributed by atoms with E-state index in [4.69, 9.17) is 4.74 Å². The van der Waals surface area contributed by atoms with Crippen LogP contribution in [0.4, 0.5) is 0 Å². The first kappa shape index (κ1) is 11.8. The molecular weight excluding hydrogens is 325 g/mol. The van der Waals surface area contributed by atoms with Gasteiger partial charge in [0.1, 0.15) is 11.9 Å². The lowest BCUT2D eigenvalue weighted by Gasteiger charge is -2.40. The molecule has 1 N–H and O–H groups in total. The van der Waals surface area contributed by atoms with Crippen LogP contribution in [0, 0.1) is 3.57 Å². The Morgan fingerprint density at radius 1 is 1.18 bits per heavy atom. The van der Waals surface area contributed by atoms with Crippen molar-refractivity contribution in [2.24, 2.45) is 0 Å². The molecule has 1 aromatic carbocycles. The van der Waals surface area contributed by atoms with Crippen LogP contribution in [0.15, 0.2) is 24.3 Å². The summed E-state index contributed by atoms with van der Waals surface area (Å²) in [5, 5.41) is 3.70. The Bertz CT molecular complexity index is 384. The Kier molecular flexibility index (Phi) is 3.56. The van der Waals surface area contributed by atoms with Crippen LogP contribution in [0.3, 0.4) is 0 Å². The van der Waals surface area contributed by atoms with Gasteiger partial charge in [-0.3, -0.25) is 0 Å². The molecule has 2 aliphatic rings. The van der Waals surface area contributed by atoms with E-state index < -0.39 is 0 Å². The molecule has 2 nitrogen and oxygen atoms in total. The first-order valence-corrected chi connectivity index (χ1v) is 7.56. The normalized spacial score (nSPS) is 32.2. The minimum Gasteiger partial charge on any atom is -0.490 e. The van der Waals surface area contributed by atoms with Gasteiger partial charge in [-0.05, 0) is 66.5 Å². The highest BCUT2D eigenvalue weighted by Crippen LogP contribution is 2.28. The van der Waals surface area contributed by atoms with Crippen LogP contribution in [-0.4, -0.2) is 18.2 Å². The number of benzene rings is 1. The number of piperidine rings is 2. The number of rotatable bonds is 2. The highest BCUT2D eigenvalue weighted by Gasteiger charge is 2.32. The van der Waals surface area contributed by atoms with Gasteiger partial charge in [-0.2, -0.15) is 0 Å². The van der Waals surface area contributed by atoms with E-state index >= 15 is 0 Å². The number of halogens is 1. The molecule has 1 aromatic rings. The van der Waals surface area contributed by atoms with E-state index in [1.165, 1.54) is 35.7 Å². The van der Waals surface area contributed by atoms with Crippen LogP contribution in [0.5, 0.6) is 5.75 Å². The van der Waals surface area contributed by atoms with E-state index in [2.05, 4.69) is 52.2 Å². The first-order chi connectivity index (χ1) is 8.29. The first-order valence-electron chi connectivity index (χ1n) is 6.48. The molecule has 0 saturated carbocycles. The second-order valence-electron chi connectivity index (χ2n) is 5.16. The van der Waals surface area contributed by atoms with E-state index in [1.54, 1.807) is 0 Å². The Labute approximate surface area is 116 Å². The third-order valence-electron chi connectivity index (χ3n) is 3.77. The fourth-order valence-electron chi connectivity index (χ4n) is 3.04. The Balaban J connectivity index is 1.65. The molecule has 2 fully saturated rings. The number of ether oxygens (including phenoxy) is 1. The van der Waals surface area contributed by atoms with Crippen molar-refractivity contribution in [1.82, 2.24) is 5.32 Å². The molecule has 2 unspecified atom stereocenters. The molecule has 92 valence electrons. The number of fused-ring (bicyclic) bond motifs is 2. The molecule has 17 heavy (non-hydrogen) atoms. The molecule has 3 rings (SSSR count). The molecule has 2 atom stereocenters. The summed E-state index contributed by atoms with van der Waals surface area (Å²) < 4.78 is 7.37. The quantitative estimate of drug-likeness (QED) is 0.832. The fourth-order valence-corrected chi connectivity index (χ4v) is 3.56. The zero-order valence-corrected chi connectivity index (χ0v) is 12.0. The summed E-state index contributed by atoms with van der Waals surface area (Å²) in [7, 11) is 0. The number of hydrogen-bond donors (Lipinski definition) is 1. The Morgan fingerprint density at radius 2 is 1.94 bits per heavy atom. The lowest BCUT2D eigenvalue weighted by molar-refractivity contribution is 0.0927. The predicted molar refractivity (Wildman–Crippen MR) is 77.4 cm³/mol. The van der Waals surface area contributed by atoms with Crippen LogP contribution in [0.2, 0.25) is 0 Å². The van der Waals surface area contributed by atoms with Crippen molar-refractivity contribution < 1.29 is 4.74 Å². The van der Waals surface area contributed by atoms with Crippen LogP contribution < -0.4 is 10.1 Å². The fraction of sp³-hybridized carbons (Fsp3) is 0.571. The lowest BCUT2D eigenvalue weighted by Crippen LogP contribution is -2.51. The average molecular weight is 343 g/mol. The maximum absolute atomic E-state index is 6.13. The third kappa shape index (κ3) is 2.94. The largest absolute Gasteiger partial charge is 0.490 e. The van der Waals surface area contributed by atoms with Gasteiger partial charge in [0.05, 0.1) is 0 Å². The molecule has 0 aromatic heterocycles. The minimum atomic E-state index is 0.407. The van der Waals surface area contributed by atoms with Crippen LogP contribution in [0.25, 0.3) is 0 Å². The Morgan fingerprint density at radius 3 is 2.65 bits per heavy atom. The summed E-state index contributed by atoms with van der Waals surface area (Å²) in [5.41, 5.74) is 0. The van der Waals surface area contributed by atoms with E-state index in [9.17, 15) is 0 Å². The summed E-state index contributed by atoms with van der Waals surface area (Å²) in [6.07, 6.45) is 6.78. The SMILES string of the molecule is Ic1cccc(OC2CC3CCCC(C2)N3)c1. The van der Waals surface area contributed by atoms with E-state index in [-0.39, 0.29) is 0 Å². The standard InChI is InChI=1S/C14H18INO/c15-10-3-1-6-13(7-10)17-14-8-11-4-2-5-12(9-14)16-11/h1,3,6-7,11-12,14,16H,2,4-5,8-9H2. The molecule has 2 aliphatic heterocycles. The van der Waals surface area contributed by atoms with Gasteiger partial charge in [-0.25, -0.2) is 0 Å². The zero-order chi connectivity index (χ0) is 11.7. The Hall–Kier alpha value is -0.290. The minimum absolute atomic E-state index is 0.407. The number of hydrogen-bond acceptors (Lipinski definition) is 2. The van der Waals surface area contributed by atoms with E-state index in [1.807, 2.05) is 0 Å². The predicted octanol–water partition coefficient (Wildman–Crippen LogP) is 3.34. The summed E-state index contributed by atoms with van der Waals surface area (Å²) >= 11 is 2.33. The third-order valence-corrected chi connectivity index (χ3v) is 4.44. The van der Waals surface area contributed by atoms with Gasteiger partial charge in [-0.1, -0.05) is 12.5 Å². The van der Waals surface area contributed by atoms with Gasteiger partial charge >= 0.3 is 0 Å². The van der Waals surface area contributed by atoms with E-state index in [0.29, 0.717) is 18.2 Å². The average Bonchev–Trinajstić information content (AvgIpc) is 2.28. The topological polar surface area (TPSA) is 21.3 Å². The summed E-state index contributed by atoms with van der Waals surface area (Å²) in [6.45, 7) is 0. The van der Waals surface area contributed by atoms with Crippen LogP contribution in [-0.2, 0) is 0 Å². The van der Waals surface area contributed by atoms with Crippen LogP contribution in [0.1, 0.15) is 32.1 Å². The van der Waals surface area contributed by atoms with Gasteiger partial charge < -0.3 is 10.1 Å². The molecular formula is C14H18INO. The van der Waals surface area contributed by atoms with E-state index in [0.717, 1.165) is 5.75 Å². The van der Waals surface area contributed by atoms with Gasteiger partial charge in [0.2, 0.25) is 0 Å². The maximum atomic E-state index is 6.13. The molecule has 0 spiro atoms. The van der Waals surface area contributed by atoms with Crippen molar-refractivity contribution in [3.63, 3.8) is 0 Å². The molecule has 2 heterocycles. The summed E-state index contributed by atoms with van der Waals surface area (Å²) in [5.74, 6) is 1.03. The molecule has 2 saturated heterocycles. The van der Waals surface area contributed by atoms with Crippen molar-refractivity contribution in [3.8, 4) is 5.75 Å². The highest BCUT2D eigenvalue weighted by atomic mass is 127. The second kappa shape index (κ2) is 5.14. The summed E-state index contributed by atoms with van der Waals surface area (Å²) in [4.78, 5) is 0. The van der Waals surface area contributed by atoms with Crippen LogP contribution >= 0.6 is 22.6 Å². The van der Waals surface area contributed by atoms with Crippen molar-refractivity contribution in [2.45, 2.75) is 50.3 Å². The van der Waals surface area contributed by atoms with Gasteiger partial charge in [0.25, 0.3) is 0 Å². The zero-order valence-electron chi connectivity index (χ0n) is 9.86. The van der Waals surface area contributed by atoms with Gasteiger partial charge in [0.15, 0.2) is 0 Å². The molecule has 0 amide bonds. The smallest absolute Gasteiger partial charge is 0.120 e. The van der Waals surface area contributed by atoms with Gasteiger partial charge in [0, 0.05) is 15.7 Å². The monoisotopic (exact) mass is 343 g/mol. The maximum Gasteiger partial charge on any atom is 0.120 e. The lowest BCUT2D eigenvalue weighted by atomic mass is 9.85. The van der Waals surface area contributed by atoms with Crippen molar-refractivity contribution in [3.05, 3.63) is 27.8 Å². The molecule has 0 radical (unpaired) electrons. The van der Waals surface area contributed by atoms with Crippen molar-refractivity contribution in [1.29, 1.82) is 0 Å². The van der Waals surface area contributed by atoms with Crippen molar-refractivity contribution >= 4 is 22.6 Å². The number of nitrogens with one attached hydrogen (secondary N) is 1. The van der Waals surface area contributed by atoms with Gasteiger partial charge in [-0.15, -0.1) is 0 Å². The second-order valence-corrected chi connectivity index (χ2v) is 6.41. The molecule has 2 bridgehead atoms.